The molecule has 26 heavy (non-hydrogen) atoms. The molecule has 1 aromatic rings. The number of hydrogen-bond donors (Lipinski definition) is 3. The zero-order chi connectivity index (χ0) is 18.6. The van der Waals surface area contributed by atoms with Gasteiger partial charge in [-0.1, -0.05) is 25.8 Å². The second kappa shape index (κ2) is 11.9. The Kier molecular flexibility index (Phi) is 9.53. The summed E-state index contributed by atoms with van der Waals surface area (Å²) in [5.74, 6) is 2.13. The molecular weight excluding hydrogens is 344 g/mol. The van der Waals surface area contributed by atoms with E-state index in [9.17, 15) is 4.79 Å². The molecule has 1 aliphatic rings. The van der Waals surface area contributed by atoms with Gasteiger partial charge < -0.3 is 16.0 Å². The highest BCUT2D eigenvalue weighted by atomic mass is 32.1. The molecule has 1 aromatic heterocycles. The van der Waals surface area contributed by atoms with Crippen molar-refractivity contribution in [1.82, 2.24) is 16.0 Å². The van der Waals surface area contributed by atoms with E-state index in [1.54, 1.807) is 11.3 Å². The van der Waals surface area contributed by atoms with Crippen LogP contribution in [0.3, 0.4) is 0 Å². The van der Waals surface area contributed by atoms with Gasteiger partial charge in [-0.25, -0.2) is 0 Å². The molecule has 1 aliphatic carbocycles. The van der Waals surface area contributed by atoms with Gasteiger partial charge in [0.1, 0.15) is 0 Å². The fraction of sp³-hybridized carbons (Fsp3) is 0.700. The van der Waals surface area contributed by atoms with Crippen molar-refractivity contribution in [3.05, 3.63) is 22.4 Å². The fourth-order valence-electron chi connectivity index (χ4n) is 3.36. The van der Waals surface area contributed by atoms with Crippen LogP contribution in [-0.4, -0.2) is 38.0 Å². The quantitative estimate of drug-likeness (QED) is 0.333. The van der Waals surface area contributed by atoms with Crippen LogP contribution in [0.2, 0.25) is 0 Å². The van der Waals surface area contributed by atoms with Crippen LogP contribution >= 0.6 is 11.3 Å². The Bertz CT molecular complexity index is 538. The van der Waals surface area contributed by atoms with Gasteiger partial charge in [-0.3, -0.25) is 9.79 Å². The van der Waals surface area contributed by atoms with Gasteiger partial charge in [0.25, 0.3) is 0 Å². The Morgan fingerprint density at radius 2 is 2.04 bits per heavy atom. The molecule has 6 heteroatoms. The van der Waals surface area contributed by atoms with Crippen LogP contribution < -0.4 is 16.0 Å². The summed E-state index contributed by atoms with van der Waals surface area (Å²) in [6.07, 6.45) is 6.76. The predicted octanol–water partition coefficient (Wildman–Crippen LogP) is 3.18. The molecule has 1 atom stereocenters. The van der Waals surface area contributed by atoms with Gasteiger partial charge in [-0.05, 0) is 49.5 Å². The summed E-state index contributed by atoms with van der Waals surface area (Å²) in [6.45, 7) is 7.26. The molecule has 1 fully saturated rings. The van der Waals surface area contributed by atoms with Gasteiger partial charge in [0, 0.05) is 37.5 Å². The van der Waals surface area contributed by atoms with Gasteiger partial charge in [0.15, 0.2) is 5.96 Å². The summed E-state index contributed by atoms with van der Waals surface area (Å²) in [5, 5.41) is 11.7. The molecule has 0 radical (unpaired) electrons. The van der Waals surface area contributed by atoms with Crippen LogP contribution in [0.4, 0.5) is 0 Å². The number of rotatable bonds is 10. The summed E-state index contributed by atoms with van der Waals surface area (Å²) in [5.41, 5.74) is 0. The first-order valence-electron chi connectivity index (χ1n) is 9.98. The van der Waals surface area contributed by atoms with Gasteiger partial charge >= 0.3 is 0 Å². The average Bonchev–Trinajstić information content (AvgIpc) is 3.30. The molecule has 1 saturated carbocycles. The number of nitrogens with zero attached hydrogens (tertiary/aromatic N) is 1. The first kappa shape index (κ1) is 20.7. The van der Waals surface area contributed by atoms with Crippen LogP contribution in [0.5, 0.6) is 0 Å². The standard InChI is InChI=1S/C20H34N4OS/c1-3-21-20(24-15-16(2)13-18-9-6-12-26-18)23-11-10-22-19(25)14-17-7-4-5-8-17/h6,9,12,16-17H,3-5,7-8,10-11,13-15H2,1-2H3,(H,22,25)(H2,21,23,24). The average molecular weight is 379 g/mol. The SMILES string of the molecule is CCNC(=NCC(C)Cc1cccs1)NCCNC(=O)CC1CCCC1. The molecule has 146 valence electrons. The number of guanidine groups is 1. The van der Waals surface area contributed by atoms with E-state index in [1.165, 1.54) is 30.6 Å². The molecule has 1 unspecified atom stereocenters. The third-order valence-electron chi connectivity index (χ3n) is 4.72. The van der Waals surface area contributed by atoms with Crippen LogP contribution in [-0.2, 0) is 11.2 Å². The number of thiophene rings is 1. The predicted molar refractivity (Wildman–Crippen MR) is 111 cm³/mol. The summed E-state index contributed by atoms with van der Waals surface area (Å²) >= 11 is 1.81. The largest absolute Gasteiger partial charge is 0.357 e. The highest BCUT2D eigenvalue weighted by Gasteiger charge is 2.17. The number of aliphatic imine (C=N–C) groups is 1. The maximum absolute atomic E-state index is 12.0. The lowest BCUT2D eigenvalue weighted by atomic mass is 10.0. The number of nitrogens with one attached hydrogen (secondary N) is 3. The Morgan fingerprint density at radius 1 is 1.27 bits per heavy atom. The first-order chi connectivity index (χ1) is 12.7. The lowest BCUT2D eigenvalue weighted by Gasteiger charge is -2.14. The third-order valence-corrected chi connectivity index (χ3v) is 5.62. The summed E-state index contributed by atoms with van der Waals surface area (Å²) in [6, 6.07) is 4.28. The number of amides is 1. The van der Waals surface area contributed by atoms with E-state index in [1.807, 2.05) is 0 Å². The molecule has 0 saturated heterocycles. The normalized spacial score (nSPS) is 16.5. The summed E-state index contributed by atoms with van der Waals surface area (Å²) in [7, 11) is 0. The van der Waals surface area contributed by atoms with Crippen molar-refractivity contribution < 1.29 is 4.79 Å². The van der Waals surface area contributed by atoms with Gasteiger partial charge in [-0.2, -0.15) is 0 Å². The van der Waals surface area contributed by atoms with Crippen LogP contribution in [0.25, 0.3) is 0 Å². The second-order valence-corrected chi connectivity index (χ2v) is 8.27. The number of carbonyl (C=O) groups excluding carboxylic acids is 1. The monoisotopic (exact) mass is 378 g/mol. The van der Waals surface area contributed by atoms with Crippen molar-refractivity contribution in [2.24, 2.45) is 16.8 Å². The van der Waals surface area contributed by atoms with Crippen molar-refractivity contribution in [3.8, 4) is 0 Å². The zero-order valence-corrected chi connectivity index (χ0v) is 17.0. The third kappa shape index (κ3) is 8.21. The summed E-state index contributed by atoms with van der Waals surface area (Å²) < 4.78 is 0. The maximum Gasteiger partial charge on any atom is 0.220 e. The van der Waals surface area contributed by atoms with E-state index in [0.29, 0.717) is 31.3 Å². The minimum Gasteiger partial charge on any atom is -0.357 e. The van der Waals surface area contributed by atoms with E-state index >= 15 is 0 Å². The molecular formula is C20H34N4OS. The van der Waals surface area contributed by atoms with Crippen molar-refractivity contribution in [1.29, 1.82) is 0 Å². The van der Waals surface area contributed by atoms with Crippen molar-refractivity contribution in [3.63, 3.8) is 0 Å². The lowest BCUT2D eigenvalue weighted by Crippen LogP contribution is -2.42. The smallest absolute Gasteiger partial charge is 0.220 e. The second-order valence-electron chi connectivity index (χ2n) is 7.24. The van der Waals surface area contributed by atoms with Crippen molar-refractivity contribution in [2.75, 3.05) is 26.2 Å². The fourth-order valence-corrected chi connectivity index (χ4v) is 4.23. The molecule has 0 spiro atoms. The van der Waals surface area contributed by atoms with E-state index < -0.39 is 0 Å². The minimum atomic E-state index is 0.185. The lowest BCUT2D eigenvalue weighted by molar-refractivity contribution is -0.121. The molecule has 1 amide bonds. The van der Waals surface area contributed by atoms with Crippen LogP contribution in [0.1, 0.15) is 50.8 Å². The Balaban J connectivity index is 1.63. The Hall–Kier alpha value is -1.56. The van der Waals surface area contributed by atoms with Gasteiger partial charge in [0.2, 0.25) is 5.91 Å². The molecule has 0 aromatic carbocycles. The van der Waals surface area contributed by atoms with Crippen molar-refractivity contribution in [2.45, 2.75) is 52.4 Å². The van der Waals surface area contributed by atoms with E-state index in [-0.39, 0.29) is 5.91 Å². The highest BCUT2D eigenvalue weighted by molar-refractivity contribution is 7.09. The Morgan fingerprint density at radius 3 is 2.73 bits per heavy atom. The molecule has 1 heterocycles. The van der Waals surface area contributed by atoms with Crippen molar-refractivity contribution >= 4 is 23.2 Å². The molecule has 5 nitrogen and oxygen atoms in total. The molecule has 2 rings (SSSR count). The topological polar surface area (TPSA) is 65.5 Å². The number of hydrogen-bond acceptors (Lipinski definition) is 3. The number of carbonyl (C=O) groups is 1. The molecule has 0 bridgehead atoms. The zero-order valence-electron chi connectivity index (χ0n) is 16.2. The van der Waals surface area contributed by atoms with E-state index in [0.717, 1.165) is 25.5 Å². The van der Waals surface area contributed by atoms with Gasteiger partial charge in [-0.15, -0.1) is 11.3 Å². The summed E-state index contributed by atoms with van der Waals surface area (Å²) in [4.78, 5) is 18.0. The molecule has 3 N–H and O–H groups in total. The van der Waals surface area contributed by atoms with Gasteiger partial charge in [0.05, 0.1) is 0 Å². The highest BCUT2D eigenvalue weighted by Crippen LogP contribution is 2.27. The van der Waals surface area contributed by atoms with E-state index in [4.69, 9.17) is 0 Å². The Labute approximate surface area is 162 Å². The maximum atomic E-state index is 12.0. The molecule has 0 aliphatic heterocycles. The first-order valence-corrected chi connectivity index (χ1v) is 10.9. The minimum absolute atomic E-state index is 0.185. The van der Waals surface area contributed by atoms with Crippen LogP contribution in [0, 0.1) is 11.8 Å². The van der Waals surface area contributed by atoms with Crippen LogP contribution in [0.15, 0.2) is 22.5 Å². The van der Waals surface area contributed by atoms with E-state index in [2.05, 4.69) is 52.3 Å².